The number of aromatic amines is 1. The second kappa shape index (κ2) is 9.66. The molecule has 7 rings (SSSR count). The number of benzene rings is 2. The molecule has 0 aliphatic heterocycles. The van der Waals surface area contributed by atoms with Crippen LogP contribution in [0.4, 0.5) is 19.0 Å². The van der Waals surface area contributed by atoms with Crippen molar-refractivity contribution in [3.05, 3.63) is 71.7 Å². The van der Waals surface area contributed by atoms with Crippen LogP contribution in [0.1, 0.15) is 31.2 Å². The number of nitrogens with zero attached hydrogens (tertiary/aromatic N) is 2. The lowest BCUT2D eigenvalue weighted by Crippen LogP contribution is -2.51. The number of rotatable bonds is 6. The number of aromatic nitrogens is 2. The number of carboxylic acids is 1. The molecule has 3 aliphatic rings. The van der Waals surface area contributed by atoms with Gasteiger partial charge in [-0.1, -0.05) is 18.2 Å². The van der Waals surface area contributed by atoms with Gasteiger partial charge in [-0.2, -0.15) is 9.65 Å². The summed E-state index contributed by atoms with van der Waals surface area (Å²) in [5.74, 6) is -4.79. The van der Waals surface area contributed by atoms with Crippen molar-refractivity contribution < 1.29 is 27.8 Å². The molecule has 3 fully saturated rings. The second-order valence-electron chi connectivity index (χ2n) is 10.1. The minimum atomic E-state index is -0.959. The van der Waals surface area contributed by atoms with Crippen molar-refractivity contribution >= 4 is 22.7 Å². The maximum absolute atomic E-state index is 16.1. The van der Waals surface area contributed by atoms with Gasteiger partial charge in [-0.15, -0.1) is 0 Å². The van der Waals surface area contributed by atoms with Crippen molar-refractivity contribution in [3.8, 4) is 28.8 Å². The Morgan fingerprint density at radius 1 is 1.10 bits per heavy atom. The molecule has 2 bridgehead atoms. The van der Waals surface area contributed by atoms with Crippen LogP contribution < -0.4 is 10.1 Å². The summed E-state index contributed by atoms with van der Waals surface area (Å²) in [5.41, 5.74) is -0.165. The number of H-pyrrole nitrogens is 1. The van der Waals surface area contributed by atoms with E-state index in [1.165, 1.54) is 6.20 Å². The number of anilines is 1. The van der Waals surface area contributed by atoms with Gasteiger partial charge in [0.1, 0.15) is 29.0 Å². The predicted molar refractivity (Wildman–Crippen MR) is 137 cm³/mol. The van der Waals surface area contributed by atoms with Gasteiger partial charge in [-0.3, -0.25) is 4.79 Å². The number of nitrogens with one attached hydrogen (secondary N) is 2. The van der Waals surface area contributed by atoms with Crippen LogP contribution in [0.25, 0.3) is 22.2 Å². The number of fused-ring (bicyclic) bond motifs is 4. The molecule has 3 N–H and O–H groups in total. The van der Waals surface area contributed by atoms with Crippen molar-refractivity contribution in [2.45, 2.75) is 31.7 Å². The molecule has 2 aromatic heterocycles. The van der Waals surface area contributed by atoms with Crippen LogP contribution in [0.15, 0.2) is 48.7 Å². The summed E-state index contributed by atoms with van der Waals surface area (Å²) in [5, 5.41) is 23.2. The van der Waals surface area contributed by atoms with Crippen LogP contribution in [0, 0.1) is 46.5 Å². The van der Waals surface area contributed by atoms with Gasteiger partial charge in [0.25, 0.3) is 0 Å². The van der Waals surface area contributed by atoms with E-state index < -0.39 is 41.1 Å². The first-order chi connectivity index (χ1) is 18.9. The molecule has 0 spiro atoms. The van der Waals surface area contributed by atoms with E-state index in [9.17, 15) is 23.9 Å². The minimum absolute atomic E-state index is 0.00279. The average molecular weight is 533 g/mol. The summed E-state index contributed by atoms with van der Waals surface area (Å²) in [6.45, 7) is 0. The number of carboxylic acid groups (broad SMARTS) is 1. The molecular weight excluding hydrogens is 509 g/mol. The highest BCUT2D eigenvalue weighted by molar-refractivity contribution is 5.97. The summed E-state index contributed by atoms with van der Waals surface area (Å²) in [6.07, 6.45) is 4.58. The van der Waals surface area contributed by atoms with Crippen LogP contribution in [-0.4, -0.2) is 27.1 Å². The van der Waals surface area contributed by atoms with Crippen molar-refractivity contribution in [3.63, 3.8) is 0 Å². The van der Waals surface area contributed by atoms with Gasteiger partial charge in [0.05, 0.1) is 17.1 Å². The van der Waals surface area contributed by atoms with Crippen LogP contribution in [0.5, 0.6) is 11.5 Å². The summed E-state index contributed by atoms with van der Waals surface area (Å²) in [7, 11) is 0. The lowest BCUT2D eigenvalue weighted by atomic mass is 9.61. The fraction of sp³-hybridized carbons (Fsp3) is 0.276. The molecule has 7 nitrogen and oxygen atoms in total. The lowest BCUT2D eigenvalue weighted by molar-refractivity contribution is -0.148. The Hall–Kier alpha value is -4.52. The van der Waals surface area contributed by atoms with Gasteiger partial charge in [0.15, 0.2) is 11.6 Å². The average Bonchev–Trinajstić information content (AvgIpc) is 3.35. The van der Waals surface area contributed by atoms with Crippen molar-refractivity contribution in [2.24, 2.45) is 17.8 Å². The molecule has 0 amide bonds. The van der Waals surface area contributed by atoms with E-state index in [1.807, 2.05) is 6.07 Å². The zero-order valence-corrected chi connectivity index (χ0v) is 20.5. The standard InChI is InChI=1S/C29H23F3N4O3/c30-16-10-18-20(13-34-26(18)21(31)11-16)25-19(12-33)27(39-17-4-2-1-3-5-17)23(32)28(36-25)35-24-15-8-6-14(7-9-15)22(24)29(37)38/h1-5,10-11,13-15,22,24,34H,6-9H2,(H,35,36)(H,37,38). The fourth-order valence-corrected chi connectivity index (χ4v) is 6.16. The Labute approximate surface area is 221 Å². The van der Waals surface area contributed by atoms with Crippen LogP contribution in [0.3, 0.4) is 0 Å². The monoisotopic (exact) mass is 532 g/mol. The molecule has 198 valence electrons. The summed E-state index contributed by atoms with van der Waals surface area (Å²) < 4.78 is 50.6. The van der Waals surface area contributed by atoms with E-state index in [1.54, 1.807) is 30.3 Å². The molecule has 39 heavy (non-hydrogen) atoms. The van der Waals surface area contributed by atoms with Crippen LogP contribution >= 0.6 is 0 Å². The maximum atomic E-state index is 16.1. The quantitative estimate of drug-likeness (QED) is 0.258. The minimum Gasteiger partial charge on any atom is -0.481 e. The SMILES string of the molecule is N#Cc1c(-c2c[nH]c3c(F)cc(F)cc23)nc(NC2C3CCC(CC3)C2C(=O)O)c(F)c1Oc1ccccc1. The number of aliphatic carboxylic acids is 1. The van der Waals surface area contributed by atoms with Gasteiger partial charge in [0, 0.05) is 29.3 Å². The summed E-state index contributed by atoms with van der Waals surface area (Å²) in [4.78, 5) is 19.4. The van der Waals surface area contributed by atoms with Crippen LogP contribution in [-0.2, 0) is 4.79 Å². The first kappa shape index (κ1) is 24.8. The highest BCUT2D eigenvalue weighted by Gasteiger charge is 2.48. The Balaban J connectivity index is 1.54. The van der Waals surface area contributed by atoms with E-state index >= 15 is 4.39 Å². The highest BCUT2D eigenvalue weighted by atomic mass is 19.1. The molecular formula is C29H23F3N4O3. The van der Waals surface area contributed by atoms with Gasteiger partial charge in [-0.25, -0.2) is 13.8 Å². The van der Waals surface area contributed by atoms with Crippen molar-refractivity contribution in [1.82, 2.24) is 9.97 Å². The fourth-order valence-electron chi connectivity index (χ4n) is 6.16. The maximum Gasteiger partial charge on any atom is 0.308 e. The first-order valence-corrected chi connectivity index (χ1v) is 12.7. The third-order valence-corrected chi connectivity index (χ3v) is 7.94. The van der Waals surface area contributed by atoms with Crippen LogP contribution in [0.2, 0.25) is 0 Å². The summed E-state index contributed by atoms with van der Waals surface area (Å²) >= 11 is 0. The molecule has 3 aliphatic carbocycles. The number of hydrogen-bond acceptors (Lipinski definition) is 5. The Morgan fingerprint density at radius 2 is 1.82 bits per heavy atom. The molecule has 0 saturated heterocycles. The van der Waals surface area contributed by atoms with Crippen molar-refractivity contribution in [2.75, 3.05) is 5.32 Å². The number of pyridine rings is 1. The number of halogens is 3. The van der Waals surface area contributed by atoms with Gasteiger partial charge >= 0.3 is 5.97 Å². The lowest BCUT2D eigenvalue weighted by Gasteiger charge is -2.47. The number of hydrogen-bond donors (Lipinski definition) is 3. The van der Waals surface area contributed by atoms with E-state index in [0.717, 1.165) is 37.8 Å². The second-order valence-corrected chi connectivity index (χ2v) is 10.1. The smallest absolute Gasteiger partial charge is 0.308 e. The number of para-hydroxylation sites is 1. The largest absolute Gasteiger partial charge is 0.481 e. The van der Waals surface area contributed by atoms with Gasteiger partial charge in [0.2, 0.25) is 5.82 Å². The number of ether oxygens (including phenoxy) is 1. The van der Waals surface area contributed by atoms with E-state index in [2.05, 4.69) is 15.3 Å². The zero-order chi connectivity index (χ0) is 27.3. The Bertz CT molecular complexity index is 1620. The highest BCUT2D eigenvalue weighted by Crippen LogP contribution is 2.47. The normalized spacial score (nSPS) is 22.0. The molecule has 2 heterocycles. The number of nitriles is 1. The van der Waals surface area contributed by atoms with Gasteiger partial charge < -0.3 is 20.1 Å². The molecule has 3 saturated carbocycles. The van der Waals surface area contributed by atoms with Crippen molar-refractivity contribution in [1.29, 1.82) is 5.26 Å². The first-order valence-electron chi connectivity index (χ1n) is 12.7. The third kappa shape index (κ3) is 4.24. The molecule has 2 unspecified atom stereocenters. The molecule has 0 radical (unpaired) electrons. The van der Waals surface area contributed by atoms with E-state index in [0.29, 0.717) is 0 Å². The number of carbonyl (C=O) groups is 1. The molecule has 10 heteroatoms. The zero-order valence-electron chi connectivity index (χ0n) is 20.5. The predicted octanol–water partition coefficient (Wildman–Crippen LogP) is 6.61. The topological polar surface area (TPSA) is 111 Å². The Kier molecular flexibility index (Phi) is 6.14. The Morgan fingerprint density at radius 3 is 2.51 bits per heavy atom. The van der Waals surface area contributed by atoms with E-state index in [-0.39, 0.29) is 51.1 Å². The molecule has 2 atom stereocenters. The molecule has 4 aromatic rings. The van der Waals surface area contributed by atoms with Gasteiger partial charge in [-0.05, 0) is 55.7 Å². The molecule has 2 aromatic carbocycles. The third-order valence-electron chi connectivity index (χ3n) is 7.94. The summed E-state index contributed by atoms with van der Waals surface area (Å²) in [6, 6.07) is 11.5. The van der Waals surface area contributed by atoms with E-state index in [4.69, 9.17) is 4.74 Å².